The number of ether oxygens (including phenoxy) is 2. The number of methoxy groups -OCH3 is 1. The number of aromatic nitrogens is 1. The number of likely N-dealkylation sites (N-methyl/N-ethyl adjacent to an activating group) is 1. The van der Waals surface area contributed by atoms with Gasteiger partial charge in [-0.05, 0) is 70.1 Å². The monoisotopic (exact) mass is 433 g/mol. The lowest BCUT2D eigenvalue weighted by molar-refractivity contribution is 0.0598. The Morgan fingerprint density at radius 1 is 1.20 bits per heavy atom. The van der Waals surface area contributed by atoms with Gasteiger partial charge in [-0.15, -0.1) is 0 Å². The highest BCUT2D eigenvalue weighted by atomic mass is 35.5. The molecule has 1 aromatic heterocycles. The Morgan fingerprint density at radius 2 is 1.83 bits per heavy atom. The number of halogens is 1. The Hall–Kier alpha value is -2.31. The van der Waals surface area contributed by atoms with Gasteiger partial charge < -0.3 is 19.7 Å². The molecule has 6 nitrogen and oxygen atoms in total. The lowest BCUT2D eigenvalue weighted by Crippen LogP contribution is -2.34. The van der Waals surface area contributed by atoms with Gasteiger partial charge in [0.15, 0.2) is 0 Å². The maximum Gasteiger partial charge on any atom is 0.345 e. The van der Waals surface area contributed by atoms with Crippen molar-refractivity contribution in [2.45, 2.75) is 47.1 Å². The summed E-state index contributed by atoms with van der Waals surface area (Å²) in [5.74, 6) is 0.353. The van der Waals surface area contributed by atoms with Crippen LogP contribution in [0.15, 0.2) is 18.2 Å². The number of benzene rings is 1. The molecule has 2 rings (SSSR count). The van der Waals surface area contributed by atoms with E-state index in [4.69, 9.17) is 21.1 Å². The van der Waals surface area contributed by atoms with Crippen LogP contribution in [0, 0.1) is 20.8 Å². The summed E-state index contributed by atoms with van der Waals surface area (Å²) in [6, 6.07) is 5.66. The number of nitrogens with zero attached hydrogens (tertiary/aromatic N) is 2. The summed E-state index contributed by atoms with van der Waals surface area (Å²) in [5, 5.41) is 4.13. The van der Waals surface area contributed by atoms with Crippen molar-refractivity contribution in [1.29, 1.82) is 0 Å². The maximum absolute atomic E-state index is 12.7. The fourth-order valence-electron chi connectivity index (χ4n) is 3.29. The number of hydrogen-bond acceptors (Lipinski definition) is 6. The van der Waals surface area contributed by atoms with Crippen molar-refractivity contribution in [3.05, 3.63) is 45.6 Å². The number of carbonyl (C=O) groups excluding carboxylic acids is 1. The van der Waals surface area contributed by atoms with Gasteiger partial charge in [0.25, 0.3) is 0 Å². The molecular weight excluding hydrogens is 402 g/mol. The fraction of sp³-hybridized carbons (Fsp3) is 0.478. The third-order valence-electron chi connectivity index (χ3n) is 5.05. The summed E-state index contributed by atoms with van der Waals surface area (Å²) < 4.78 is 11.2. The molecular formula is C23H32ClN3O3. The topological polar surface area (TPSA) is 63.7 Å². The van der Waals surface area contributed by atoms with E-state index in [0.717, 1.165) is 36.3 Å². The van der Waals surface area contributed by atoms with Crippen molar-refractivity contribution >= 4 is 23.3 Å². The Balaban J connectivity index is 2.52. The third-order valence-corrected chi connectivity index (χ3v) is 5.27. The molecule has 0 saturated carbocycles. The second kappa shape index (κ2) is 10.6. The minimum Gasteiger partial charge on any atom is -0.465 e. The highest BCUT2D eigenvalue weighted by Gasteiger charge is 2.24. The van der Waals surface area contributed by atoms with Gasteiger partial charge in [-0.3, -0.25) is 0 Å². The molecule has 30 heavy (non-hydrogen) atoms. The largest absolute Gasteiger partial charge is 0.465 e. The van der Waals surface area contributed by atoms with Crippen LogP contribution in [0.1, 0.15) is 47.4 Å². The summed E-state index contributed by atoms with van der Waals surface area (Å²) >= 11 is 6.15. The van der Waals surface area contributed by atoms with Gasteiger partial charge in [0.2, 0.25) is 5.88 Å². The Labute approximate surface area is 184 Å². The predicted molar refractivity (Wildman–Crippen MR) is 122 cm³/mol. The minimum absolute atomic E-state index is 0.159. The average Bonchev–Trinajstić information content (AvgIpc) is 2.69. The first-order valence-electron chi connectivity index (χ1n) is 10.2. The first kappa shape index (κ1) is 24.0. The summed E-state index contributed by atoms with van der Waals surface area (Å²) in [7, 11) is 3.43. The quantitative estimate of drug-likeness (QED) is 0.535. The first-order valence-corrected chi connectivity index (χ1v) is 10.6. The predicted octanol–water partition coefficient (Wildman–Crippen LogP) is 5.38. The molecule has 0 amide bonds. The molecule has 1 aromatic carbocycles. The summed E-state index contributed by atoms with van der Waals surface area (Å²) in [6.45, 7) is 11.7. The molecule has 0 bridgehead atoms. The summed E-state index contributed by atoms with van der Waals surface area (Å²) in [5.41, 5.74) is 3.41. The molecule has 0 aliphatic carbocycles. The number of esters is 1. The Bertz CT molecular complexity index is 878. The van der Waals surface area contributed by atoms with Gasteiger partial charge in [-0.25, -0.2) is 9.78 Å². The van der Waals surface area contributed by atoms with Gasteiger partial charge in [-0.2, -0.15) is 0 Å². The highest BCUT2D eigenvalue weighted by Crippen LogP contribution is 2.35. The number of rotatable bonds is 9. The average molecular weight is 434 g/mol. The second-order valence-electron chi connectivity index (χ2n) is 7.56. The molecule has 0 saturated heterocycles. The zero-order valence-corrected chi connectivity index (χ0v) is 19.7. The smallest absolute Gasteiger partial charge is 0.345 e. The summed E-state index contributed by atoms with van der Waals surface area (Å²) in [4.78, 5) is 19.4. The zero-order chi connectivity index (χ0) is 22.4. The van der Waals surface area contributed by atoms with Gasteiger partial charge in [-0.1, -0.05) is 25.4 Å². The molecule has 1 heterocycles. The van der Waals surface area contributed by atoms with E-state index in [0.29, 0.717) is 16.5 Å². The number of pyridine rings is 1. The van der Waals surface area contributed by atoms with E-state index in [1.54, 1.807) is 0 Å². The molecule has 1 N–H and O–H groups in total. The highest BCUT2D eigenvalue weighted by molar-refractivity contribution is 6.30. The van der Waals surface area contributed by atoms with E-state index < -0.39 is 5.97 Å². The van der Waals surface area contributed by atoms with Crippen LogP contribution in [0.25, 0.3) is 0 Å². The van der Waals surface area contributed by atoms with Crippen molar-refractivity contribution in [1.82, 2.24) is 9.88 Å². The van der Waals surface area contributed by atoms with Crippen molar-refractivity contribution in [3.63, 3.8) is 0 Å². The number of anilines is 1. The zero-order valence-electron chi connectivity index (χ0n) is 18.9. The van der Waals surface area contributed by atoms with Crippen molar-refractivity contribution < 1.29 is 14.3 Å². The van der Waals surface area contributed by atoms with E-state index in [9.17, 15) is 4.79 Å². The van der Waals surface area contributed by atoms with E-state index in [2.05, 4.69) is 36.1 Å². The van der Waals surface area contributed by atoms with Crippen molar-refractivity contribution in [2.75, 3.05) is 32.6 Å². The Morgan fingerprint density at radius 3 is 2.37 bits per heavy atom. The maximum atomic E-state index is 12.7. The van der Waals surface area contributed by atoms with Crippen molar-refractivity contribution in [2.24, 2.45) is 0 Å². The van der Waals surface area contributed by atoms with Crippen LogP contribution >= 0.6 is 11.6 Å². The molecule has 0 aliphatic rings. The number of hydrogen-bond donors (Lipinski definition) is 1. The van der Waals surface area contributed by atoms with Crippen LogP contribution in [0.3, 0.4) is 0 Å². The fourth-order valence-corrected chi connectivity index (χ4v) is 3.62. The van der Waals surface area contributed by atoms with E-state index in [-0.39, 0.29) is 17.5 Å². The molecule has 1 atom stereocenters. The molecule has 164 valence electrons. The number of aryl methyl sites for hydroxylation is 3. The molecule has 7 heteroatoms. The van der Waals surface area contributed by atoms with Crippen LogP contribution in [0.4, 0.5) is 5.69 Å². The molecule has 0 radical (unpaired) electrons. The van der Waals surface area contributed by atoms with Crippen LogP contribution in [-0.2, 0) is 4.74 Å². The molecule has 0 aliphatic heterocycles. The molecule has 2 aromatic rings. The molecule has 0 fully saturated rings. The second-order valence-corrected chi connectivity index (χ2v) is 7.99. The number of nitrogens with one attached hydrogen (secondary N) is 1. The normalized spacial score (nSPS) is 12.0. The van der Waals surface area contributed by atoms with Gasteiger partial charge in [0, 0.05) is 23.3 Å². The van der Waals surface area contributed by atoms with E-state index in [1.807, 2.05) is 39.0 Å². The molecule has 1 unspecified atom stereocenters. The lowest BCUT2D eigenvalue weighted by atomic mass is 10.1. The lowest BCUT2D eigenvalue weighted by Gasteiger charge is -2.25. The van der Waals surface area contributed by atoms with Gasteiger partial charge in [0.05, 0.1) is 12.8 Å². The third kappa shape index (κ3) is 5.86. The van der Waals surface area contributed by atoms with E-state index >= 15 is 0 Å². The summed E-state index contributed by atoms with van der Waals surface area (Å²) in [6.07, 6.45) is 0.901. The van der Waals surface area contributed by atoms with Gasteiger partial charge in [0.1, 0.15) is 11.3 Å². The van der Waals surface area contributed by atoms with Gasteiger partial charge >= 0.3 is 5.97 Å². The minimum atomic E-state index is -0.497. The molecule has 0 spiro atoms. The van der Waals surface area contributed by atoms with Crippen LogP contribution in [-0.4, -0.2) is 49.1 Å². The number of carbonyl (C=O) groups is 1. The van der Waals surface area contributed by atoms with Crippen LogP contribution in [0.2, 0.25) is 5.02 Å². The van der Waals surface area contributed by atoms with Crippen molar-refractivity contribution in [3.8, 4) is 11.6 Å². The standard InChI is InChI=1S/C23H32ClN3O3/c1-8-18(13-27(6)9-2)26-19-12-16(5)25-22(20(19)23(28)29-7)30-21-14(3)10-17(24)11-15(21)4/h10-12,18H,8-9,13H2,1-7H3,(H,25,26). The SMILES string of the molecule is CCC(CN(C)CC)Nc1cc(C)nc(Oc2c(C)cc(Cl)cc2C)c1C(=O)OC. The van der Waals surface area contributed by atoms with Crippen LogP contribution < -0.4 is 10.1 Å². The first-order chi connectivity index (χ1) is 14.2. The van der Waals surface area contributed by atoms with E-state index in [1.165, 1.54) is 7.11 Å². The Kier molecular flexibility index (Phi) is 8.50. The van der Waals surface area contributed by atoms with Crippen LogP contribution in [0.5, 0.6) is 11.6 Å².